The van der Waals surface area contributed by atoms with Gasteiger partial charge in [-0.15, -0.1) is 13.2 Å². The maximum atomic E-state index is 13.5. The van der Waals surface area contributed by atoms with E-state index in [0.717, 1.165) is 12.1 Å². The van der Waals surface area contributed by atoms with Gasteiger partial charge < -0.3 is 24.1 Å². The summed E-state index contributed by atoms with van der Waals surface area (Å²) in [5.41, 5.74) is -1.65. The second kappa shape index (κ2) is 10.2. The number of pyridine rings is 1. The first-order valence-electron chi connectivity index (χ1n) is 9.79. The molecule has 0 atom stereocenters. The fourth-order valence-corrected chi connectivity index (χ4v) is 2.86. The Morgan fingerprint density at radius 3 is 2.43 bits per heavy atom. The van der Waals surface area contributed by atoms with Crippen molar-refractivity contribution in [2.24, 2.45) is 0 Å². The Kier molecular flexibility index (Phi) is 7.53. The van der Waals surface area contributed by atoms with Gasteiger partial charge in [0.05, 0.1) is 24.1 Å². The summed E-state index contributed by atoms with van der Waals surface area (Å²) in [7, 11) is 3.28. The van der Waals surface area contributed by atoms with Crippen LogP contribution in [0, 0.1) is 0 Å². The van der Waals surface area contributed by atoms with Crippen molar-refractivity contribution in [1.29, 1.82) is 0 Å². The fraction of sp³-hybridized carbons (Fsp3) is 0.286. The molecule has 3 aromatic rings. The van der Waals surface area contributed by atoms with Crippen molar-refractivity contribution in [1.82, 2.24) is 9.97 Å². The van der Waals surface area contributed by atoms with Crippen LogP contribution in [-0.4, -0.2) is 49.5 Å². The molecule has 3 rings (SSSR count). The third kappa shape index (κ3) is 6.62. The quantitative estimate of drug-likeness (QED) is 0.433. The number of nitrogens with one attached hydrogen (secondary N) is 1. The highest BCUT2D eigenvalue weighted by atomic mass is 19.4. The lowest BCUT2D eigenvalue weighted by Gasteiger charge is -2.17. The Balaban J connectivity index is 1.90. The zero-order valence-corrected chi connectivity index (χ0v) is 18.2. The minimum Gasteiger partial charge on any atom is -0.431 e. The van der Waals surface area contributed by atoms with Gasteiger partial charge in [0.1, 0.15) is 11.6 Å². The monoisotopic (exact) mass is 504 g/mol. The highest BCUT2D eigenvalue weighted by Gasteiger charge is 2.42. The van der Waals surface area contributed by atoms with Crippen molar-refractivity contribution in [2.75, 3.05) is 37.5 Å². The summed E-state index contributed by atoms with van der Waals surface area (Å²) in [5.74, 6) is -4.30. The second-order valence-electron chi connectivity index (χ2n) is 7.01. The molecular formula is C21H18F6N4O4. The summed E-state index contributed by atoms with van der Waals surface area (Å²) < 4.78 is 92.2. The van der Waals surface area contributed by atoms with Crippen molar-refractivity contribution in [3.63, 3.8) is 0 Å². The molecule has 0 unspecified atom stereocenters. The largest absolute Gasteiger partial charge is 0.573 e. The van der Waals surface area contributed by atoms with Gasteiger partial charge in [-0.1, -0.05) is 12.1 Å². The Hall–Kier alpha value is -3.81. The number of amides is 1. The van der Waals surface area contributed by atoms with Crippen molar-refractivity contribution >= 4 is 17.4 Å². The molecule has 1 aromatic carbocycles. The summed E-state index contributed by atoms with van der Waals surface area (Å²) in [6, 6.07) is 7.23. The van der Waals surface area contributed by atoms with E-state index >= 15 is 0 Å². The number of halogens is 6. The van der Waals surface area contributed by atoms with E-state index in [1.165, 1.54) is 37.6 Å². The number of aromatic nitrogens is 2. The van der Waals surface area contributed by atoms with E-state index in [-0.39, 0.29) is 5.69 Å². The van der Waals surface area contributed by atoms with Gasteiger partial charge in [-0.3, -0.25) is 4.79 Å². The molecule has 0 aliphatic rings. The molecule has 0 radical (unpaired) electrons. The first-order chi connectivity index (χ1) is 16.4. The maximum Gasteiger partial charge on any atom is 0.573 e. The number of carbonyl (C=O) groups is 1. The molecule has 14 heteroatoms. The van der Waals surface area contributed by atoms with Crippen LogP contribution in [0.3, 0.4) is 0 Å². The molecule has 0 fully saturated rings. The van der Waals surface area contributed by atoms with Gasteiger partial charge in [0.15, 0.2) is 5.69 Å². The third-order valence-electron chi connectivity index (χ3n) is 4.47. The van der Waals surface area contributed by atoms with Gasteiger partial charge in [0.2, 0.25) is 11.7 Å². The molecule has 0 bridgehead atoms. The number of nitrogens with zero attached hydrogens (tertiary/aromatic N) is 3. The van der Waals surface area contributed by atoms with Gasteiger partial charge >= 0.3 is 12.5 Å². The molecule has 0 aliphatic heterocycles. The van der Waals surface area contributed by atoms with Crippen LogP contribution in [-0.2, 0) is 10.9 Å². The molecule has 1 amide bonds. The summed E-state index contributed by atoms with van der Waals surface area (Å²) >= 11 is 0. The number of carbonyl (C=O) groups excluding carboxylic acids is 1. The van der Waals surface area contributed by atoms with Gasteiger partial charge in [0, 0.05) is 20.7 Å². The molecule has 35 heavy (non-hydrogen) atoms. The molecular weight excluding hydrogens is 486 g/mol. The number of para-hydroxylation sites is 1. The number of likely N-dealkylation sites (N-methyl/N-ethyl adjacent to an activating group) is 1. The summed E-state index contributed by atoms with van der Waals surface area (Å²) in [5, 5.41) is 2.22. The lowest BCUT2D eigenvalue weighted by Crippen LogP contribution is -2.23. The first-order valence-corrected chi connectivity index (χ1v) is 9.79. The Morgan fingerprint density at radius 1 is 1.11 bits per heavy atom. The molecule has 2 heterocycles. The minimum absolute atomic E-state index is 0.0531. The first kappa shape index (κ1) is 25.8. The van der Waals surface area contributed by atoms with Crippen molar-refractivity contribution in [3.8, 4) is 17.2 Å². The van der Waals surface area contributed by atoms with Gasteiger partial charge in [0.25, 0.3) is 5.91 Å². The Morgan fingerprint density at radius 2 is 1.83 bits per heavy atom. The zero-order chi connectivity index (χ0) is 25.8. The second-order valence-corrected chi connectivity index (χ2v) is 7.01. The molecule has 0 aliphatic carbocycles. The number of oxazole rings is 1. The van der Waals surface area contributed by atoms with Crippen LogP contribution in [0.25, 0.3) is 11.5 Å². The van der Waals surface area contributed by atoms with Crippen LogP contribution >= 0.6 is 0 Å². The average Bonchev–Trinajstić information content (AvgIpc) is 3.23. The molecule has 0 saturated carbocycles. The highest BCUT2D eigenvalue weighted by Crippen LogP contribution is 2.39. The van der Waals surface area contributed by atoms with Gasteiger partial charge in [-0.05, 0) is 24.3 Å². The van der Waals surface area contributed by atoms with Crippen LogP contribution in [0.5, 0.6) is 5.75 Å². The molecule has 0 spiro atoms. The molecule has 188 valence electrons. The normalized spacial score (nSPS) is 11.9. The summed E-state index contributed by atoms with van der Waals surface area (Å²) in [4.78, 5) is 22.0. The number of alkyl halides is 6. The smallest absolute Gasteiger partial charge is 0.431 e. The SMILES string of the molecule is COCCN(C)c1ccc(NC(=O)c2nc(-c3ccccc3OC(F)(F)F)oc2C(F)(F)F)cn1. The van der Waals surface area contributed by atoms with Crippen molar-refractivity contribution in [3.05, 3.63) is 54.0 Å². The number of hydrogen-bond acceptors (Lipinski definition) is 7. The topological polar surface area (TPSA) is 89.7 Å². The highest BCUT2D eigenvalue weighted by molar-refractivity contribution is 6.04. The van der Waals surface area contributed by atoms with Crippen LogP contribution in [0.15, 0.2) is 47.0 Å². The van der Waals surface area contributed by atoms with Crippen LogP contribution < -0.4 is 15.0 Å². The summed E-state index contributed by atoms with van der Waals surface area (Å²) in [6.45, 7) is 0.952. The van der Waals surface area contributed by atoms with Crippen LogP contribution in [0.2, 0.25) is 0 Å². The summed E-state index contributed by atoms with van der Waals surface area (Å²) in [6.07, 6.45) is -9.06. The zero-order valence-electron chi connectivity index (χ0n) is 18.2. The predicted molar refractivity (Wildman–Crippen MR) is 111 cm³/mol. The Bertz CT molecular complexity index is 1160. The van der Waals surface area contributed by atoms with E-state index in [1.807, 2.05) is 0 Å². The van der Waals surface area contributed by atoms with Gasteiger partial charge in [-0.25, -0.2) is 9.97 Å². The number of hydrogen-bond donors (Lipinski definition) is 1. The molecule has 8 nitrogen and oxygen atoms in total. The molecule has 2 aromatic heterocycles. The number of methoxy groups -OCH3 is 1. The van der Waals surface area contributed by atoms with E-state index in [2.05, 4.69) is 24.4 Å². The van der Waals surface area contributed by atoms with Crippen molar-refractivity contribution in [2.45, 2.75) is 12.5 Å². The van der Waals surface area contributed by atoms with E-state index < -0.39 is 47.1 Å². The number of benzene rings is 1. The average molecular weight is 504 g/mol. The lowest BCUT2D eigenvalue weighted by atomic mass is 10.2. The van der Waals surface area contributed by atoms with E-state index in [9.17, 15) is 31.1 Å². The van der Waals surface area contributed by atoms with Crippen LogP contribution in [0.1, 0.15) is 16.2 Å². The van der Waals surface area contributed by atoms with E-state index in [0.29, 0.717) is 19.0 Å². The van der Waals surface area contributed by atoms with Crippen LogP contribution in [0.4, 0.5) is 37.8 Å². The standard InChI is InChI=1S/C21H18F6N4O4/c1-31(9-10-33-2)15-8-7-12(11-28-15)29-18(32)16-17(20(22,23)24)34-19(30-16)13-5-3-4-6-14(13)35-21(25,26)27/h3-8,11H,9-10H2,1-2H3,(H,29,32). The van der Waals surface area contributed by atoms with Gasteiger partial charge in [-0.2, -0.15) is 13.2 Å². The Labute approximate surface area is 194 Å². The number of rotatable bonds is 8. The maximum absolute atomic E-state index is 13.5. The fourth-order valence-electron chi connectivity index (χ4n) is 2.86. The molecule has 1 N–H and O–H groups in total. The van der Waals surface area contributed by atoms with E-state index in [1.54, 1.807) is 11.9 Å². The number of ether oxygens (including phenoxy) is 2. The van der Waals surface area contributed by atoms with Crippen molar-refractivity contribution < 1.29 is 45.0 Å². The third-order valence-corrected chi connectivity index (χ3v) is 4.47. The van der Waals surface area contributed by atoms with E-state index in [4.69, 9.17) is 4.74 Å². The predicted octanol–water partition coefficient (Wildman–Crippen LogP) is 4.99. The molecule has 0 saturated heterocycles. The minimum atomic E-state index is -5.16. The number of anilines is 2. The lowest BCUT2D eigenvalue weighted by molar-refractivity contribution is -0.274.